The molecule has 26 heavy (non-hydrogen) atoms. The Morgan fingerprint density at radius 3 is 1.27 bits per heavy atom. The van der Waals surface area contributed by atoms with Gasteiger partial charge in [0.05, 0.1) is 0 Å². The molecule has 2 nitrogen and oxygen atoms in total. The number of rotatable bonds is 0. The zero-order valence-corrected chi connectivity index (χ0v) is 22.7. The van der Waals surface area contributed by atoms with E-state index in [1.165, 1.54) is 22.3 Å². The fourth-order valence-electron chi connectivity index (χ4n) is 2.56. The zero-order valence-electron chi connectivity index (χ0n) is 14.5. The molecule has 8 radical (unpaired) electrons. The SMILES string of the molecule is C1=N\PCc2ccccc2CP/N=C/PCc2ccccc2CP/1.[Ge].[Ge]. The molecule has 1 aliphatic rings. The molecule has 0 amide bonds. The summed E-state index contributed by atoms with van der Waals surface area (Å²) in [7, 11) is 2.82. The van der Waals surface area contributed by atoms with Gasteiger partial charge in [-0.3, -0.25) is 9.53 Å². The van der Waals surface area contributed by atoms with Gasteiger partial charge in [0, 0.05) is 76.9 Å². The Bertz CT molecular complexity index is 606. The normalized spacial score (nSPS) is 21.2. The summed E-state index contributed by atoms with van der Waals surface area (Å²) in [5, 5.41) is 0. The van der Waals surface area contributed by atoms with Crippen LogP contribution in [0.1, 0.15) is 22.3 Å². The maximum Gasteiger partial charge on any atom is 0.0232 e. The first kappa shape index (κ1) is 24.6. The molecule has 0 aromatic heterocycles. The summed E-state index contributed by atoms with van der Waals surface area (Å²) in [5.41, 5.74) is 5.84. The molecule has 2 aromatic carbocycles. The van der Waals surface area contributed by atoms with Crippen molar-refractivity contribution in [1.82, 2.24) is 0 Å². The molecule has 8 heteroatoms. The molecule has 1 heterocycles. The minimum Gasteiger partial charge on any atom is -0.272 e. The van der Waals surface area contributed by atoms with Gasteiger partial charge in [-0.15, -0.1) is 0 Å². The van der Waals surface area contributed by atoms with Gasteiger partial charge >= 0.3 is 0 Å². The topological polar surface area (TPSA) is 24.7 Å². The van der Waals surface area contributed by atoms with E-state index in [1.807, 2.05) is 0 Å². The van der Waals surface area contributed by atoms with Crippen LogP contribution in [-0.2, 0) is 24.6 Å². The predicted molar refractivity (Wildman–Crippen MR) is 129 cm³/mol. The first-order chi connectivity index (χ1) is 11.9. The Balaban J connectivity index is 0.00000169. The van der Waals surface area contributed by atoms with Crippen LogP contribution < -0.4 is 0 Å². The average Bonchev–Trinajstić information content (AvgIpc) is 2.62. The molecule has 0 saturated carbocycles. The monoisotopic (exact) mass is 538 g/mol. The molecule has 0 spiro atoms. The summed E-state index contributed by atoms with van der Waals surface area (Å²) >= 11 is 0. The van der Waals surface area contributed by atoms with Crippen molar-refractivity contribution < 1.29 is 0 Å². The van der Waals surface area contributed by atoms with Crippen LogP contribution in [0.4, 0.5) is 0 Å². The van der Waals surface area contributed by atoms with E-state index in [0.29, 0.717) is 17.5 Å². The smallest absolute Gasteiger partial charge is 0.0232 e. The van der Waals surface area contributed by atoms with Crippen LogP contribution in [-0.4, -0.2) is 47.1 Å². The Kier molecular flexibility index (Phi) is 13.8. The van der Waals surface area contributed by atoms with Gasteiger partial charge in [-0.1, -0.05) is 65.7 Å². The Hall–Kier alpha value is 0.586. The van der Waals surface area contributed by atoms with Gasteiger partial charge in [0.15, 0.2) is 0 Å². The van der Waals surface area contributed by atoms with E-state index in [4.69, 9.17) is 0 Å². The number of benzene rings is 2. The van der Waals surface area contributed by atoms with Crippen molar-refractivity contribution in [3.05, 3.63) is 70.8 Å². The number of hydrogen-bond donors (Lipinski definition) is 0. The first-order valence-electron chi connectivity index (χ1n) is 8.02. The van der Waals surface area contributed by atoms with Crippen molar-refractivity contribution in [1.29, 1.82) is 0 Å². The van der Waals surface area contributed by atoms with E-state index in [1.54, 1.807) is 0 Å². The molecule has 1 aliphatic heterocycles. The Morgan fingerprint density at radius 1 is 0.538 bits per heavy atom. The molecular weight excluding hydrogens is 513 g/mol. The largest absolute Gasteiger partial charge is 0.272 e. The van der Waals surface area contributed by atoms with Gasteiger partial charge in [-0.25, -0.2) is 0 Å². The van der Waals surface area contributed by atoms with Crippen LogP contribution in [0.25, 0.3) is 0 Å². The third-order valence-corrected chi connectivity index (χ3v) is 7.87. The van der Waals surface area contributed by atoms with E-state index in [2.05, 4.69) is 70.0 Å². The minimum atomic E-state index is 0. The molecular formula is C18H22Ge2N2P4. The van der Waals surface area contributed by atoms with Crippen LogP contribution >= 0.6 is 34.6 Å². The number of nitrogens with zero attached hydrogens (tertiary/aromatic N) is 2. The van der Waals surface area contributed by atoms with Crippen LogP contribution in [0.3, 0.4) is 0 Å². The molecule has 4 atom stereocenters. The first-order valence-corrected chi connectivity index (χ1v) is 12.9. The minimum absolute atomic E-state index is 0. The molecule has 132 valence electrons. The van der Waals surface area contributed by atoms with Crippen molar-refractivity contribution >= 4 is 81.7 Å². The Labute approximate surface area is 185 Å². The maximum absolute atomic E-state index is 4.66. The van der Waals surface area contributed by atoms with Crippen LogP contribution in [0.2, 0.25) is 0 Å². The third kappa shape index (κ3) is 8.30. The second kappa shape index (κ2) is 14.6. The third-order valence-electron chi connectivity index (χ3n) is 3.86. The van der Waals surface area contributed by atoms with Gasteiger partial charge in [0.1, 0.15) is 0 Å². The van der Waals surface area contributed by atoms with Crippen LogP contribution in [0, 0.1) is 0 Å². The molecule has 2 aromatic rings. The van der Waals surface area contributed by atoms with E-state index in [-0.39, 0.29) is 35.2 Å². The van der Waals surface area contributed by atoms with E-state index in [0.717, 1.165) is 41.8 Å². The predicted octanol–water partition coefficient (Wildman–Crippen LogP) is 5.24. The summed E-state index contributed by atoms with van der Waals surface area (Å²) < 4.78 is 9.32. The summed E-state index contributed by atoms with van der Waals surface area (Å²) in [6.45, 7) is 0. The Morgan fingerprint density at radius 2 is 0.885 bits per heavy atom. The van der Waals surface area contributed by atoms with E-state index in [9.17, 15) is 0 Å². The summed E-state index contributed by atoms with van der Waals surface area (Å²) in [4.78, 5) is 0. The average molecular weight is 536 g/mol. The summed E-state index contributed by atoms with van der Waals surface area (Å²) in [6, 6.07) is 17.6. The molecule has 4 unspecified atom stereocenters. The second-order valence-electron chi connectivity index (χ2n) is 5.49. The second-order valence-corrected chi connectivity index (χ2v) is 9.38. The zero-order chi connectivity index (χ0) is 16.5. The van der Waals surface area contributed by atoms with Crippen molar-refractivity contribution in [2.75, 3.05) is 0 Å². The molecule has 3 rings (SSSR count). The molecule has 0 bridgehead atoms. The number of fused-ring (bicyclic) bond motifs is 2. The molecule has 0 N–H and O–H groups in total. The molecule has 0 fully saturated rings. The summed E-state index contributed by atoms with van der Waals surface area (Å²) in [5.74, 6) is 4.30. The van der Waals surface area contributed by atoms with Crippen LogP contribution in [0.15, 0.2) is 58.1 Å². The van der Waals surface area contributed by atoms with E-state index >= 15 is 0 Å². The quantitative estimate of drug-likeness (QED) is 0.326. The molecule has 0 aliphatic carbocycles. The van der Waals surface area contributed by atoms with Gasteiger partial charge in [-0.2, -0.15) is 0 Å². The van der Waals surface area contributed by atoms with Crippen molar-refractivity contribution in [3.63, 3.8) is 0 Å². The standard InChI is InChI=1S/C18H22N2P4.2Ge/c1-2-6-16-10-22-14-20-24-12-18-8-4-3-7-17(18)11-23-19-13-21-9-15(16)5-1;;/h1-8,13-14,21-24H,9-12H2;;/b19-13-,20-14+;;. The summed E-state index contributed by atoms with van der Waals surface area (Å²) in [6.07, 6.45) is 4.35. The van der Waals surface area contributed by atoms with Gasteiger partial charge < -0.3 is 0 Å². The number of hydrogen-bond acceptors (Lipinski definition) is 2. The fourth-order valence-corrected chi connectivity index (χ4v) is 6.55. The van der Waals surface area contributed by atoms with Gasteiger partial charge in [0.25, 0.3) is 0 Å². The van der Waals surface area contributed by atoms with Crippen molar-refractivity contribution in [2.45, 2.75) is 24.6 Å². The van der Waals surface area contributed by atoms with Crippen molar-refractivity contribution in [3.8, 4) is 0 Å². The van der Waals surface area contributed by atoms with Gasteiger partial charge in [0.2, 0.25) is 0 Å². The van der Waals surface area contributed by atoms with Crippen molar-refractivity contribution in [2.24, 2.45) is 9.53 Å². The maximum atomic E-state index is 4.66. The van der Waals surface area contributed by atoms with E-state index < -0.39 is 0 Å². The molecule has 0 saturated heterocycles. The fraction of sp³-hybridized carbons (Fsp3) is 0.222. The van der Waals surface area contributed by atoms with Gasteiger partial charge in [-0.05, 0) is 34.6 Å². The van der Waals surface area contributed by atoms with Crippen LogP contribution in [0.5, 0.6) is 0 Å².